The van der Waals surface area contributed by atoms with E-state index in [4.69, 9.17) is 0 Å². The molecule has 0 atom stereocenters. The van der Waals surface area contributed by atoms with Crippen molar-refractivity contribution in [1.29, 1.82) is 0 Å². The lowest BCUT2D eigenvalue weighted by molar-refractivity contribution is 0.0313. The molecule has 0 saturated carbocycles. The fourth-order valence-corrected chi connectivity index (χ4v) is 1.58. The van der Waals surface area contributed by atoms with Gasteiger partial charge in [0.05, 0.1) is 11.2 Å². The standard InChI is InChI=1S/C13H15F4NO2/c1-3-13(20,4-2)6-18-12(19)7-5-8(14)10(16)11(17)9(7)15/h5,20H,3-4,6H2,1-2H3,(H,18,19). The Bertz CT molecular complexity index is 516. The largest absolute Gasteiger partial charge is 0.388 e. The number of benzene rings is 1. The van der Waals surface area contributed by atoms with Crippen LogP contribution in [0.4, 0.5) is 17.6 Å². The fraction of sp³-hybridized carbons (Fsp3) is 0.462. The number of hydrogen-bond acceptors (Lipinski definition) is 2. The highest BCUT2D eigenvalue weighted by Crippen LogP contribution is 2.19. The Hall–Kier alpha value is -1.63. The third kappa shape index (κ3) is 3.27. The molecule has 0 spiro atoms. The summed E-state index contributed by atoms with van der Waals surface area (Å²) in [5.74, 6) is -8.57. The Kier molecular flexibility index (Phi) is 5.10. The van der Waals surface area contributed by atoms with Gasteiger partial charge in [-0.3, -0.25) is 4.79 Å². The Labute approximate surface area is 113 Å². The fourth-order valence-electron chi connectivity index (χ4n) is 1.58. The summed E-state index contributed by atoms with van der Waals surface area (Å²) in [6, 6.07) is 0.278. The van der Waals surface area contributed by atoms with Crippen LogP contribution in [0.25, 0.3) is 0 Å². The molecular formula is C13H15F4NO2. The lowest BCUT2D eigenvalue weighted by Gasteiger charge is -2.25. The number of rotatable bonds is 5. The quantitative estimate of drug-likeness (QED) is 0.498. The maximum Gasteiger partial charge on any atom is 0.254 e. The molecule has 1 rings (SSSR count). The molecule has 7 heteroatoms. The molecule has 0 aliphatic rings. The van der Waals surface area contributed by atoms with Crippen molar-refractivity contribution < 1.29 is 27.5 Å². The van der Waals surface area contributed by atoms with E-state index in [9.17, 15) is 27.5 Å². The molecule has 20 heavy (non-hydrogen) atoms. The second-order valence-electron chi connectivity index (χ2n) is 4.46. The van der Waals surface area contributed by atoms with E-state index >= 15 is 0 Å². The van der Waals surface area contributed by atoms with Gasteiger partial charge >= 0.3 is 0 Å². The molecule has 2 N–H and O–H groups in total. The zero-order chi connectivity index (χ0) is 15.5. The van der Waals surface area contributed by atoms with Gasteiger partial charge in [0, 0.05) is 6.54 Å². The van der Waals surface area contributed by atoms with Crippen molar-refractivity contribution in [2.24, 2.45) is 0 Å². The van der Waals surface area contributed by atoms with E-state index in [2.05, 4.69) is 5.32 Å². The third-order valence-electron chi connectivity index (χ3n) is 3.24. The van der Waals surface area contributed by atoms with E-state index in [1.807, 2.05) is 0 Å². The van der Waals surface area contributed by atoms with Crippen molar-refractivity contribution in [3.8, 4) is 0 Å². The second-order valence-corrected chi connectivity index (χ2v) is 4.46. The van der Waals surface area contributed by atoms with E-state index in [1.54, 1.807) is 13.8 Å². The van der Waals surface area contributed by atoms with Crippen molar-refractivity contribution in [3.63, 3.8) is 0 Å². The van der Waals surface area contributed by atoms with Crippen LogP contribution in [-0.4, -0.2) is 23.2 Å². The Morgan fingerprint density at radius 1 is 1.15 bits per heavy atom. The SMILES string of the molecule is CCC(O)(CC)CNC(=O)c1cc(F)c(F)c(F)c1F. The highest BCUT2D eigenvalue weighted by molar-refractivity contribution is 5.94. The molecule has 1 aromatic carbocycles. The first kappa shape index (κ1) is 16.4. The van der Waals surface area contributed by atoms with Gasteiger partial charge in [-0.2, -0.15) is 0 Å². The van der Waals surface area contributed by atoms with Crippen LogP contribution in [0.2, 0.25) is 0 Å². The first-order chi connectivity index (χ1) is 9.25. The van der Waals surface area contributed by atoms with Gasteiger partial charge in [0.25, 0.3) is 5.91 Å². The van der Waals surface area contributed by atoms with Crippen molar-refractivity contribution >= 4 is 5.91 Å². The normalized spacial score (nSPS) is 11.6. The van der Waals surface area contributed by atoms with Gasteiger partial charge < -0.3 is 10.4 Å². The van der Waals surface area contributed by atoms with Gasteiger partial charge in [0.15, 0.2) is 23.3 Å². The topological polar surface area (TPSA) is 49.3 Å². The molecule has 0 saturated heterocycles. The first-order valence-corrected chi connectivity index (χ1v) is 6.09. The van der Waals surface area contributed by atoms with Gasteiger partial charge in [-0.15, -0.1) is 0 Å². The third-order valence-corrected chi connectivity index (χ3v) is 3.24. The molecule has 0 unspecified atom stereocenters. The second kappa shape index (κ2) is 6.21. The lowest BCUT2D eigenvalue weighted by Crippen LogP contribution is -2.42. The molecule has 1 amide bonds. The molecule has 0 heterocycles. The molecule has 3 nitrogen and oxygen atoms in total. The monoisotopic (exact) mass is 293 g/mol. The van der Waals surface area contributed by atoms with E-state index in [0.717, 1.165) is 0 Å². The molecule has 1 aromatic rings. The van der Waals surface area contributed by atoms with Crippen LogP contribution in [0.15, 0.2) is 6.07 Å². The summed E-state index contributed by atoms with van der Waals surface area (Å²) < 4.78 is 52.1. The smallest absolute Gasteiger partial charge is 0.254 e. The number of amides is 1. The minimum atomic E-state index is -2.05. The van der Waals surface area contributed by atoms with E-state index in [0.29, 0.717) is 12.8 Å². The number of halogens is 4. The van der Waals surface area contributed by atoms with Crippen LogP contribution < -0.4 is 5.32 Å². The highest BCUT2D eigenvalue weighted by Gasteiger charge is 2.26. The summed E-state index contributed by atoms with van der Waals surface area (Å²) in [4.78, 5) is 11.6. The maximum atomic E-state index is 13.4. The Morgan fingerprint density at radius 2 is 1.70 bits per heavy atom. The molecule has 0 radical (unpaired) electrons. The highest BCUT2D eigenvalue weighted by atomic mass is 19.2. The lowest BCUT2D eigenvalue weighted by atomic mass is 9.97. The van der Waals surface area contributed by atoms with Crippen LogP contribution in [0.3, 0.4) is 0 Å². The van der Waals surface area contributed by atoms with Crippen molar-refractivity contribution in [1.82, 2.24) is 5.32 Å². The molecule has 0 bridgehead atoms. The van der Waals surface area contributed by atoms with Crippen LogP contribution in [0.5, 0.6) is 0 Å². The summed E-state index contributed by atoms with van der Waals surface area (Å²) in [6.07, 6.45) is 0.663. The minimum Gasteiger partial charge on any atom is -0.388 e. The zero-order valence-electron chi connectivity index (χ0n) is 11.1. The van der Waals surface area contributed by atoms with Crippen molar-refractivity contribution in [2.45, 2.75) is 32.3 Å². The van der Waals surface area contributed by atoms with Crippen molar-refractivity contribution in [2.75, 3.05) is 6.54 Å². The maximum absolute atomic E-state index is 13.4. The van der Waals surface area contributed by atoms with Gasteiger partial charge in [0.1, 0.15) is 0 Å². The Morgan fingerprint density at radius 3 is 2.20 bits per heavy atom. The van der Waals surface area contributed by atoms with Gasteiger partial charge in [-0.1, -0.05) is 13.8 Å². The van der Waals surface area contributed by atoms with E-state index < -0.39 is 40.3 Å². The number of carbonyl (C=O) groups is 1. The number of hydrogen-bond donors (Lipinski definition) is 2. The molecule has 0 aliphatic carbocycles. The number of nitrogens with one attached hydrogen (secondary N) is 1. The molecular weight excluding hydrogens is 278 g/mol. The minimum absolute atomic E-state index is 0.209. The summed E-state index contributed by atoms with van der Waals surface area (Å²) in [5, 5.41) is 12.1. The summed E-state index contributed by atoms with van der Waals surface area (Å²) in [7, 11) is 0. The van der Waals surface area contributed by atoms with E-state index in [-0.39, 0.29) is 12.6 Å². The first-order valence-electron chi connectivity index (χ1n) is 6.09. The summed E-state index contributed by atoms with van der Waals surface area (Å²) in [5.41, 5.74) is -2.14. The van der Waals surface area contributed by atoms with Crippen LogP contribution in [0, 0.1) is 23.3 Å². The van der Waals surface area contributed by atoms with Gasteiger partial charge in [-0.05, 0) is 18.9 Å². The van der Waals surface area contributed by atoms with Crippen LogP contribution in [0.1, 0.15) is 37.0 Å². The predicted molar refractivity (Wildman–Crippen MR) is 64.1 cm³/mol. The molecule has 0 fully saturated rings. The van der Waals surface area contributed by atoms with E-state index in [1.165, 1.54) is 0 Å². The average molecular weight is 293 g/mol. The number of aliphatic hydroxyl groups is 1. The molecule has 112 valence electrons. The summed E-state index contributed by atoms with van der Waals surface area (Å²) >= 11 is 0. The number of carbonyl (C=O) groups excluding carboxylic acids is 1. The Balaban J connectivity index is 2.94. The zero-order valence-corrected chi connectivity index (χ0v) is 11.1. The predicted octanol–water partition coefficient (Wildman–Crippen LogP) is 2.52. The average Bonchev–Trinajstić information content (AvgIpc) is 2.45. The van der Waals surface area contributed by atoms with Crippen LogP contribution in [-0.2, 0) is 0 Å². The van der Waals surface area contributed by atoms with Crippen LogP contribution >= 0.6 is 0 Å². The summed E-state index contributed by atoms with van der Waals surface area (Å²) in [6.45, 7) is 3.17. The molecule has 0 aromatic heterocycles. The van der Waals surface area contributed by atoms with Crippen molar-refractivity contribution in [3.05, 3.63) is 34.9 Å². The van der Waals surface area contributed by atoms with Gasteiger partial charge in [0.2, 0.25) is 0 Å². The molecule has 0 aliphatic heterocycles. The van der Waals surface area contributed by atoms with Gasteiger partial charge in [-0.25, -0.2) is 17.6 Å².